The molecule has 5 heteroatoms. The molecule has 1 fully saturated rings. The zero-order valence-electron chi connectivity index (χ0n) is 8.38. The number of hydrogen-bond acceptors (Lipinski definition) is 3. The van der Waals surface area contributed by atoms with Crippen molar-refractivity contribution < 1.29 is 9.90 Å². The smallest absolute Gasteiger partial charge is 0.329 e. The van der Waals surface area contributed by atoms with Gasteiger partial charge in [0, 0.05) is 12.6 Å². The summed E-state index contributed by atoms with van der Waals surface area (Å²) in [5, 5.41) is 11.3. The molecule has 2 amide bonds. The summed E-state index contributed by atoms with van der Waals surface area (Å²) in [5.41, 5.74) is 5.08. The van der Waals surface area contributed by atoms with Crippen LogP contribution in [0.3, 0.4) is 0 Å². The van der Waals surface area contributed by atoms with Gasteiger partial charge < -0.3 is 10.4 Å². The second-order valence-electron chi connectivity index (χ2n) is 3.58. The van der Waals surface area contributed by atoms with E-state index in [0.29, 0.717) is 12.6 Å². The molecule has 0 aliphatic heterocycles. The SMILES string of the molecule is O=C(NNCCO)NC1CCCCC1. The molecule has 1 aliphatic rings. The second kappa shape index (κ2) is 6.62. The van der Waals surface area contributed by atoms with Gasteiger partial charge in [-0.05, 0) is 12.8 Å². The van der Waals surface area contributed by atoms with Crippen LogP contribution in [-0.2, 0) is 0 Å². The number of amides is 2. The predicted octanol–water partition coefficient (Wildman–Crippen LogP) is 0.115. The third kappa shape index (κ3) is 4.43. The lowest BCUT2D eigenvalue weighted by molar-refractivity contribution is 0.224. The molecule has 0 unspecified atom stereocenters. The maximum absolute atomic E-state index is 11.2. The standard InChI is InChI=1S/C9H19N3O2/c13-7-6-10-12-9(14)11-8-4-2-1-3-5-8/h8,10,13H,1-7H2,(H2,11,12,14). The Morgan fingerprint density at radius 1 is 1.29 bits per heavy atom. The summed E-state index contributed by atoms with van der Waals surface area (Å²) in [6, 6.07) is 0.116. The molecular formula is C9H19N3O2. The monoisotopic (exact) mass is 201 g/mol. The maximum Gasteiger partial charge on any atom is 0.329 e. The fourth-order valence-electron chi connectivity index (χ4n) is 1.67. The van der Waals surface area contributed by atoms with E-state index in [2.05, 4.69) is 16.2 Å². The Morgan fingerprint density at radius 2 is 2.00 bits per heavy atom. The fourth-order valence-corrected chi connectivity index (χ4v) is 1.67. The van der Waals surface area contributed by atoms with Gasteiger partial charge >= 0.3 is 6.03 Å². The van der Waals surface area contributed by atoms with Gasteiger partial charge in [-0.15, -0.1) is 0 Å². The summed E-state index contributed by atoms with van der Waals surface area (Å²) in [5.74, 6) is 0. The molecular weight excluding hydrogens is 182 g/mol. The lowest BCUT2D eigenvalue weighted by atomic mass is 9.96. The van der Waals surface area contributed by atoms with E-state index in [0.717, 1.165) is 12.8 Å². The molecule has 0 heterocycles. The summed E-state index contributed by atoms with van der Waals surface area (Å²) in [4.78, 5) is 11.2. The van der Waals surface area contributed by atoms with Crippen LogP contribution < -0.4 is 16.2 Å². The number of hydrogen-bond donors (Lipinski definition) is 4. The van der Waals surface area contributed by atoms with E-state index in [9.17, 15) is 4.79 Å². The minimum Gasteiger partial charge on any atom is -0.395 e. The summed E-state index contributed by atoms with van der Waals surface area (Å²) in [6.45, 7) is 0.391. The molecule has 5 nitrogen and oxygen atoms in total. The molecule has 82 valence electrons. The van der Waals surface area contributed by atoms with E-state index in [-0.39, 0.29) is 12.6 Å². The zero-order valence-corrected chi connectivity index (χ0v) is 8.38. The van der Waals surface area contributed by atoms with Gasteiger partial charge in [0.15, 0.2) is 0 Å². The first kappa shape index (κ1) is 11.3. The van der Waals surface area contributed by atoms with Gasteiger partial charge in [-0.25, -0.2) is 10.2 Å². The predicted molar refractivity (Wildman–Crippen MR) is 53.6 cm³/mol. The Morgan fingerprint density at radius 3 is 2.64 bits per heavy atom. The third-order valence-corrected chi connectivity index (χ3v) is 2.38. The molecule has 0 aromatic carbocycles. The highest BCUT2D eigenvalue weighted by atomic mass is 16.3. The number of rotatable bonds is 4. The highest BCUT2D eigenvalue weighted by Gasteiger charge is 2.14. The summed E-state index contributed by atoms with van der Waals surface area (Å²) in [7, 11) is 0. The number of aliphatic hydroxyl groups is 1. The summed E-state index contributed by atoms with van der Waals surface area (Å²) < 4.78 is 0. The van der Waals surface area contributed by atoms with Gasteiger partial charge in [0.2, 0.25) is 0 Å². The van der Waals surface area contributed by atoms with Crippen LogP contribution in [0.4, 0.5) is 4.79 Å². The molecule has 0 bridgehead atoms. The number of carbonyl (C=O) groups excluding carboxylic acids is 1. The van der Waals surface area contributed by atoms with Crippen LogP contribution in [0.5, 0.6) is 0 Å². The third-order valence-electron chi connectivity index (χ3n) is 2.38. The van der Waals surface area contributed by atoms with Gasteiger partial charge in [-0.2, -0.15) is 0 Å². The van der Waals surface area contributed by atoms with E-state index in [1.807, 2.05) is 0 Å². The van der Waals surface area contributed by atoms with E-state index < -0.39 is 0 Å². The second-order valence-corrected chi connectivity index (χ2v) is 3.58. The average Bonchev–Trinajstić information content (AvgIpc) is 2.20. The van der Waals surface area contributed by atoms with Crippen molar-refractivity contribution in [1.82, 2.24) is 16.2 Å². The van der Waals surface area contributed by atoms with Crippen molar-refractivity contribution in [2.24, 2.45) is 0 Å². The van der Waals surface area contributed by atoms with Gasteiger partial charge in [0.25, 0.3) is 0 Å². The lowest BCUT2D eigenvalue weighted by Gasteiger charge is -2.22. The Kier molecular flexibility index (Phi) is 5.32. The van der Waals surface area contributed by atoms with Crippen molar-refractivity contribution >= 4 is 6.03 Å². The molecule has 1 aliphatic carbocycles. The number of urea groups is 1. The molecule has 14 heavy (non-hydrogen) atoms. The Bertz CT molecular complexity index is 169. The molecule has 0 saturated heterocycles. The van der Waals surface area contributed by atoms with Crippen LogP contribution in [0.15, 0.2) is 0 Å². The summed E-state index contributed by atoms with van der Waals surface area (Å²) in [6.07, 6.45) is 5.84. The van der Waals surface area contributed by atoms with Gasteiger partial charge in [0.05, 0.1) is 6.61 Å². The Hall–Kier alpha value is -0.810. The molecule has 1 rings (SSSR count). The van der Waals surface area contributed by atoms with Crippen LogP contribution in [0.2, 0.25) is 0 Å². The number of nitrogens with one attached hydrogen (secondary N) is 3. The summed E-state index contributed by atoms with van der Waals surface area (Å²) >= 11 is 0. The molecule has 0 atom stereocenters. The number of hydrazine groups is 1. The number of carbonyl (C=O) groups is 1. The van der Waals surface area contributed by atoms with Crippen LogP contribution in [-0.4, -0.2) is 30.3 Å². The molecule has 0 aromatic rings. The number of aliphatic hydroxyl groups excluding tert-OH is 1. The lowest BCUT2D eigenvalue weighted by Crippen LogP contribution is -2.48. The largest absolute Gasteiger partial charge is 0.395 e. The van der Waals surface area contributed by atoms with E-state index >= 15 is 0 Å². The highest BCUT2D eigenvalue weighted by molar-refractivity contribution is 5.73. The van der Waals surface area contributed by atoms with Crippen molar-refractivity contribution in [2.75, 3.05) is 13.2 Å². The van der Waals surface area contributed by atoms with Gasteiger partial charge in [0.1, 0.15) is 0 Å². The average molecular weight is 201 g/mol. The van der Waals surface area contributed by atoms with Crippen molar-refractivity contribution in [1.29, 1.82) is 0 Å². The van der Waals surface area contributed by atoms with Crippen molar-refractivity contribution in [3.63, 3.8) is 0 Å². The normalized spacial score (nSPS) is 17.8. The van der Waals surface area contributed by atoms with Crippen LogP contribution in [0.25, 0.3) is 0 Å². The van der Waals surface area contributed by atoms with Crippen LogP contribution in [0, 0.1) is 0 Å². The van der Waals surface area contributed by atoms with Gasteiger partial charge in [-0.1, -0.05) is 19.3 Å². The Labute approximate surface area is 84.2 Å². The molecule has 1 saturated carbocycles. The van der Waals surface area contributed by atoms with E-state index in [1.54, 1.807) is 0 Å². The van der Waals surface area contributed by atoms with Crippen molar-refractivity contribution in [2.45, 2.75) is 38.1 Å². The molecule has 0 radical (unpaired) electrons. The van der Waals surface area contributed by atoms with E-state index in [1.165, 1.54) is 19.3 Å². The Balaban J connectivity index is 2.06. The fraction of sp³-hybridized carbons (Fsp3) is 0.889. The first-order valence-electron chi connectivity index (χ1n) is 5.23. The quantitative estimate of drug-likeness (QED) is 0.385. The maximum atomic E-state index is 11.2. The zero-order chi connectivity index (χ0) is 10.2. The first-order chi connectivity index (χ1) is 6.83. The van der Waals surface area contributed by atoms with Crippen molar-refractivity contribution in [3.05, 3.63) is 0 Å². The van der Waals surface area contributed by atoms with Gasteiger partial charge in [-0.3, -0.25) is 5.43 Å². The molecule has 0 spiro atoms. The molecule has 0 aromatic heterocycles. The van der Waals surface area contributed by atoms with Crippen LogP contribution in [0.1, 0.15) is 32.1 Å². The topological polar surface area (TPSA) is 73.4 Å². The highest BCUT2D eigenvalue weighted by Crippen LogP contribution is 2.16. The first-order valence-corrected chi connectivity index (χ1v) is 5.23. The van der Waals surface area contributed by atoms with E-state index in [4.69, 9.17) is 5.11 Å². The minimum atomic E-state index is -0.203. The molecule has 4 N–H and O–H groups in total. The minimum absolute atomic E-state index is 0.0176. The van der Waals surface area contributed by atoms with Crippen molar-refractivity contribution in [3.8, 4) is 0 Å². The van der Waals surface area contributed by atoms with Crippen LogP contribution >= 0.6 is 0 Å².